The molecule has 2 N–H and O–H groups in total. The fraction of sp³-hybridized carbons (Fsp3) is 0.643. The third-order valence-corrected chi connectivity index (χ3v) is 4.10. The Labute approximate surface area is 120 Å². The van der Waals surface area contributed by atoms with Crippen LogP contribution in [0.5, 0.6) is 0 Å². The molecule has 0 aromatic carbocycles. The maximum absolute atomic E-state index is 5.96. The van der Waals surface area contributed by atoms with Crippen LogP contribution in [0.2, 0.25) is 0 Å². The van der Waals surface area contributed by atoms with Gasteiger partial charge in [0.05, 0.1) is 11.3 Å². The van der Waals surface area contributed by atoms with E-state index in [-0.39, 0.29) is 0 Å². The minimum atomic E-state index is 0.440. The highest BCUT2D eigenvalue weighted by Crippen LogP contribution is 2.29. The van der Waals surface area contributed by atoms with Gasteiger partial charge in [-0.3, -0.25) is 0 Å². The molecule has 4 nitrogen and oxygen atoms in total. The van der Waals surface area contributed by atoms with Crippen molar-refractivity contribution in [3.8, 4) is 0 Å². The highest BCUT2D eigenvalue weighted by atomic mass is 32.1. The van der Waals surface area contributed by atoms with E-state index in [0.29, 0.717) is 11.0 Å². The first-order valence-electron chi connectivity index (χ1n) is 7.04. The van der Waals surface area contributed by atoms with Gasteiger partial charge >= 0.3 is 0 Å². The first-order chi connectivity index (χ1) is 9.10. The largest absolute Gasteiger partial charge is 0.389 e. The van der Waals surface area contributed by atoms with Crippen LogP contribution in [0.4, 0.5) is 5.82 Å². The third-order valence-electron chi connectivity index (χ3n) is 3.90. The second kappa shape index (κ2) is 5.82. The summed E-state index contributed by atoms with van der Waals surface area (Å²) in [7, 11) is 0. The molecule has 0 spiro atoms. The third kappa shape index (κ3) is 2.56. The zero-order valence-electron chi connectivity index (χ0n) is 11.9. The molecule has 1 saturated heterocycles. The molecular formula is C14H22N4S. The van der Waals surface area contributed by atoms with Crippen LogP contribution in [0.25, 0.3) is 0 Å². The minimum absolute atomic E-state index is 0.440. The van der Waals surface area contributed by atoms with Crippen LogP contribution in [0.15, 0.2) is 0 Å². The van der Waals surface area contributed by atoms with Gasteiger partial charge in [0.25, 0.3) is 0 Å². The molecule has 19 heavy (non-hydrogen) atoms. The molecule has 1 fully saturated rings. The van der Waals surface area contributed by atoms with Gasteiger partial charge in [0.1, 0.15) is 4.99 Å². The summed E-state index contributed by atoms with van der Waals surface area (Å²) >= 11 is 5.27. The topological polar surface area (TPSA) is 55.0 Å². The van der Waals surface area contributed by atoms with Crippen molar-refractivity contribution >= 4 is 23.0 Å². The lowest BCUT2D eigenvalue weighted by Gasteiger charge is -2.26. The molecule has 0 amide bonds. The molecule has 1 unspecified atom stereocenters. The maximum atomic E-state index is 5.96. The lowest BCUT2D eigenvalue weighted by molar-refractivity contribution is 0.714. The van der Waals surface area contributed by atoms with Crippen molar-refractivity contribution in [3.63, 3.8) is 0 Å². The Morgan fingerprint density at radius 3 is 2.58 bits per heavy atom. The van der Waals surface area contributed by atoms with Gasteiger partial charge in [-0.15, -0.1) is 5.10 Å². The van der Waals surface area contributed by atoms with Crippen LogP contribution < -0.4 is 10.6 Å². The molecular weight excluding hydrogens is 256 g/mol. The van der Waals surface area contributed by atoms with Crippen molar-refractivity contribution < 1.29 is 0 Å². The number of rotatable bonds is 4. The summed E-state index contributed by atoms with van der Waals surface area (Å²) in [5.74, 6) is 0.881. The zero-order chi connectivity index (χ0) is 14.0. The Bertz CT molecular complexity index is 487. The number of nitrogens with zero attached hydrogens (tertiary/aromatic N) is 3. The summed E-state index contributed by atoms with van der Waals surface area (Å²) in [6.45, 7) is 7.44. The van der Waals surface area contributed by atoms with E-state index in [9.17, 15) is 0 Å². The van der Waals surface area contributed by atoms with E-state index in [2.05, 4.69) is 35.9 Å². The average molecular weight is 278 g/mol. The number of anilines is 1. The predicted molar refractivity (Wildman–Crippen MR) is 82.7 cm³/mol. The Kier molecular flexibility index (Phi) is 4.34. The van der Waals surface area contributed by atoms with Crippen LogP contribution in [-0.2, 0) is 12.8 Å². The lowest BCUT2D eigenvalue weighted by Crippen LogP contribution is -2.31. The molecule has 1 aliphatic heterocycles. The molecule has 5 heteroatoms. The first-order valence-corrected chi connectivity index (χ1v) is 7.45. The van der Waals surface area contributed by atoms with Crippen LogP contribution in [-0.4, -0.2) is 27.8 Å². The van der Waals surface area contributed by atoms with Crippen LogP contribution in [0.3, 0.4) is 0 Å². The minimum Gasteiger partial charge on any atom is -0.389 e. The summed E-state index contributed by atoms with van der Waals surface area (Å²) in [4.78, 5) is 2.73. The maximum Gasteiger partial charge on any atom is 0.162 e. The van der Waals surface area contributed by atoms with Gasteiger partial charge in [-0.1, -0.05) is 26.1 Å². The van der Waals surface area contributed by atoms with Gasteiger partial charge in [0, 0.05) is 12.6 Å². The molecule has 0 radical (unpaired) electrons. The predicted octanol–water partition coefficient (Wildman–Crippen LogP) is 2.22. The quantitative estimate of drug-likeness (QED) is 0.856. The van der Waals surface area contributed by atoms with E-state index in [1.807, 2.05) is 0 Å². The zero-order valence-corrected chi connectivity index (χ0v) is 12.8. The molecule has 0 bridgehead atoms. The number of nitrogens with two attached hydrogens (primary N) is 1. The van der Waals surface area contributed by atoms with Crippen molar-refractivity contribution in [3.05, 3.63) is 16.8 Å². The average Bonchev–Trinajstić information content (AvgIpc) is 2.82. The van der Waals surface area contributed by atoms with E-state index >= 15 is 0 Å². The normalized spacial score (nSPS) is 18.9. The van der Waals surface area contributed by atoms with Crippen molar-refractivity contribution in [2.75, 3.05) is 11.4 Å². The van der Waals surface area contributed by atoms with Gasteiger partial charge < -0.3 is 10.6 Å². The van der Waals surface area contributed by atoms with Crippen molar-refractivity contribution in [2.45, 2.75) is 52.5 Å². The van der Waals surface area contributed by atoms with E-state index in [4.69, 9.17) is 18.0 Å². The molecule has 1 aromatic rings. The molecule has 1 atom stereocenters. The molecule has 104 valence electrons. The molecule has 1 aromatic heterocycles. The van der Waals surface area contributed by atoms with Crippen molar-refractivity contribution in [2.24, 2.45) is 5.73 Å². The van der Waals surface area contributed by atoms with E-state index in [1.165, 1.54) is 18.4 Å². The highest BCUT2D eigenvalue weighted by molar-refractivity contribution is 7.80. The summed E-state index contributed by atoms with van der Waals surface area (Å²) in [5.41, 5.74) is 9.09. The molecule has 0 aliphatic carbocycles. The van der Waals surface area contributed by atoms with Gasteiger partial charge in [-0.2, -0.15) is 5.10 Å². The monoisotopic (exact) mass is 278 g/mol. The molecule has 2 rings (SSSR count). The smallest absolute Gasteiger partial charge is 0.162 e. The van der Waals surface area contributed by atoms with Gasteiger partial charge in [0.2, 0.25) is 0 Å². The Hall–Kier alpha value is -1.23. The summed E-state index contributed by atoms with van der Waals surface area (Å²) in [6, 6.07) is 0.486. The molecule has 0 saturated carbocycles. The highest BCUT2D eigenvalue weighted by Gasteiger charge is 2.27. The van der Waals surface area contributed by atoms with E-state index in [1.54, 1.807) is 0 Å². The summed E-state index contributed by atoms with van der Waals surface area (Å²) in [6.07, 6.45) is 4.13. The number of hydrogen-bond donors (Lipinski definition) is 1. The van der Waals surface area contributed by atoms with Gasteiger partial charge in [-0.25, -0.2) is 0 Å². The number of hydrogen-bond acceptors (Lipinski definition) is 4. The van der Waals surface area contributed by atoms with Crippen molar-refractivity contribution in [1.29, 1.82) is 0 Å². The second-order valence-corrected chi connectivity index (χ2v) is 5.52. The lowest BCUT2D eigenvalue weighted by atomic mass is 10.0. The van der Waals surface area contributed by atoms with Gasteiger partial charge in [-0.05, 0) is 38.2 Å². The Morgan fingerprint density at radius 1 is 1.37 bits per heavy atom. The Morgan fingerprint density at radius 2 is 2.11 bits per heavy atom. The number of aromatic nitrogens is 2. The summed E-state index contributed by atoms with van der Waals surface area (Å²) < 4.78 is 0. The fourth-order valence-electron chi connectivity index (χ4n) is 2.87. The van der Waals surface area contributed by atoms with Crippen LogP contribution in [0, 0.1) is 0 Å². The van der Waals surface area contributed by atoms with Crippen molar-refractivity contribution in [1.82, 2.24) is 10.2 Å². The standard InChI is InChI=1S/C14H22N4S/c1-4-10-11(5-2)16-17-14(12(10)13(15)19)18-8-6-7-9(18)3/h9H,4-8H2,1-3H3,(H2,15,19). The number of thiocarbonyl (C=S) groups is 1. The van der Waals surface area contributed by atoms with Gasteiger partial charge in [0.15, 0.2) is 5.82 Å². The molecule has 1 aliphatic rings. The molecule has 2 heterocycles. The van der Waals surface area contributed by atoms with Crippen LogP contribution >= 0.6 is 12.2 Å². The van der Waals surface area contributed by atoms with E-state index < -0.39 is 0 Å². The first kappa shape index (κ1) is 14.2. The fourth-order valence-corrected chi connectivity index (χ4v) is 3.08. The van der Waals surface area contributed by atoms with Crippen LogP contribution in [0.1, 0.15) is 50.4 Å². The van der Waals surface area contributed by atoms with E-state index in [0.717, 1.165) is 36.5 Å². The second-order valence-electron chi connectivity index (χ2n) is 5.08. The summed E-state index contributed by atoms with van der Waals surface area (Å²) in [5, 5.41) is 8.80. The SMILES string of the molecule is CCc1nnc(N2CCCC2C)c(C(N)=S)c1CC. The number of aryl methyl sites for hydroxylation is 1. The Balaban J connectivity index is 2.57.